The van der Waals surface area contributed by atoms with E-state index in [4.69, 9.17) is 4.42 Å². The first-order valence-electron chi connectivity index (χ1n) is 9.51. The van der Waals surface area contributed by atoms with E-state index in [-0.39, 0.29) is 22.5 Å². The Morgan fingerprint density at radius 3 is 2.38 bits per heavy atom. The molecule has 29 heavy (non-hydrogen) atoms. The Kier molecular flexibility index (Phi) is 5.03. The van der Waals surface area contributed by atoms with Gasteiger partial charge in [0.1, 0.15) is 11.3 Å². The molecular weight excluding hydrogens is 370 g/mol. The fourth-order valence-electron chi connectivity index (χ4n) is 4.25. The Balaban J connectivity index is 2.36. The van der Waals surface area contributed by atoms with Gasteiger partial charge in [-0.05, 0) is 49.9 Å². The maximum Gasteiger partial charge on any atom is 0.339 e. The van der Waals surface area contributed by atoms with Gasteiger partial charge in [-0.15, -0.1) is 0 Å². The number of furan rings is 1. The van der Waals surface area contributed by atoms with Gasteiger partial charge in [-0.1, -0.05) is 20.8 Å². The summed E-state index contributed by atoms with van der Waals surface area (Å²) in [5, 5.41) is 9.62. The molecule has 7 heteroatoms. The number of hydrogen-bond donors (Lipinski definition) is 1. The van der Waals surface area contributed by atoms with Gasteiger partial charge in [0.2, 0.25) is 5.91 Å². The fourth-order valence-corrected chi connectivity index (χ4v) is 4.25. The van der Waals surface area contributed by atoms with E-state index in [9.17, 15) is 14.7 Å². The number of pyridine rings is 1. The Morgan fingerprint density at radius 2 is 1.86 bits per heavy atom. The predicted octanol–water partition coefficient (Wildman–Crippen LogP) is 4.86. The van der Waals surface area contributed by atoms with Crippen molar-refractivity contribution in [3.05, 3.63) is 42.3 Å². The third kappa shape index (κ3) is 3.90. The molecule has 0 fully saturated rings. The number of nitrogens with zero attached hydrogens (tertiary/aromatic N) is 3. The Morgan fingerprint density at radius 1 is 1.17 bits per heavy atom. The molecule has 1 amide bonds. The fraction of sp³-hybridized carbons (Fsp3) is 0.409. The monoisotopic (exact) mass is 397 g/mol. The minimum Gasteiger partial charge on any atom is -0.478 e. The average Bonchev–Trinajstić information content (AvgIpc) is 3.19. The zero-order chi connectivity index (χ0) is 21.6. The summed E-state index contributed by atoms with van der Waals surface area (Å²) in [7, 11) is 0. The molecule has 154 valence electrons. The van der Waals surface area contributed by atoms with Gasteiger partial charge < -0.3 is 9.52 Å². The van der Waals surface area contributed by atoms with Crippen molar-refractivity contribution in [2.45, 2.75) is 53.5 Å². The number of fused-ring (bicyclic) bond motifs is 1. The van der Waals surface area contributed by atoms with Gasteiger partial charge in [0, 0.05) is 18.7 Å². The molecule has 3 heterocycles. The van der Waals surface area contributed by atoms with Crippen LogP contribution in [0.5, 0.6) is 0 Å². The summed E-state index contributed by atoms with van der Waals surface area (Å²) in [4.78, 5) is 30.9. The van der Waals surface area contributed by atoms with Crippen molar-refractivity contribution in [3.63, 3.8) is 0 Å². The second-order valence-electron chi connectivity index (χ2n) is 9.09. The molecule has 0 unspecified atom stereocenters. The first kappa shape index (κ1) is 20.6. The van der Waals surface area contributed by atoms with E-state index in [0.29, 0.717) is 17.3 Å². The molecule has 3 aromatic rings. The van der Waals surface area contributed by atoms with Crippen molar-refractivity contribution in [2.24, 2.45) is 5.41 Å². The second kappa shape index (κ2) is 7.06. The van der Waals surface area contributed by atoms with Gasteiger partial charge in [-0.3, -0.25) is 14.1 Å². The first-order chi connectivity index (χ1) is 13.4. The number of amides is 1. The number of imidazole rings is 1. The van der Waals surface area contributed by atoms with Gasteiger partial charge in [0.05, 0.1) is 6.26 Å². The maximum absolute atomic E-state index is 12.9. The Labute approximate surface area is 170 Å². The zero-order valence-corrected chi connectivity index (χ0v) is 17.7. The van der Waals surface area contributed by atoms with Gasteiger partial charge in [0.15, 0.2) is 17.2 Å². The topological polar surface area (TPSA) is 88.0 Å². The molecule has 1 N–H and O–H groups in total. The molecule has 0 radical (unpaired) electrons. The molecule has 0 aliphatic carbocycles. The lowest BCUT2D eigenvalue weighted by molar-refractivity contribution is -0.117. The van der Waals surface area contributed by atoms with Crippen LogP contribution >= 0.6 is 0 Å². The number of hydrogen-bond acceptors (Lipinski definition) is 4. The second-order valence-corrected chi connectivity index (χ2v) is 9.09. The number of carboxylic acid groups (broad SMARTS) is 1. The van der Waals surface area contributed by atoms with E-state index in [0.717, 1.165) is 6.42 Å². The number of carboxylic acids is 1. The lowest BCUT2D eigenvalue weighted by Crippen LogP contribution is -2.50. The first-order valence-corrected chi connectivity index (χ1v) is 9.51. The lowest BCUT2D eigenvalue weighted by atomic mass is 9.80. The molecule has 0 saturated carbocycles. The van der Waals surface area contributed by atoms with Crippen molar-refractivity contribution in [1.82, 2.24) is 9.38 Å². The average molecular weight is 397 g/mol. The number of aromatic nitrogens is 2. The van der Waals surface area contributed by atoms with Crippen molar-refractivity contribution in [3.8, 4) is 11.5 Å². The van der Waals surface area contributed by atoms with E-state index in [2.05, 4.69) is 25.8 Å². The van der Waals surface area contributed by atoms with Crippen LogP contribution in [0.15, 0.2) is 41.1 Å². The minimum absolute atomic E-state index is 0.0330. The van der Waals surface area contributed by atoms with Gasteiger partial charge >= 0.3 is 5.97 Å². The molecule has 0 aliphatic heterocycles. The van der Waals surface area contributed by atoms with Crippen molar-refractivity contribution in [1.29, 1.82) is 0 Å². The molecule has 0 saturated heterocycles. The SMILES string of the molecule is CC(=O)N(c1c(-c2ccco2)nc2c(C(=O)O)cccn12)C(C)(C)CC(C)(C)C. The van der Waals surface area contributed by atoms with E-state index in [1.165, 1.54) is 19.3 Å². The number of rotatable bonds is 5. The summed E-state index contributed by atoms with van der Waals surface area (Å²) < 4.78 is 7.23. The van der Waals surface area contributed by atoms with Crippen LogP contribution < -0.4 is 4.90 Å². The maximum atomic E-state index is 12.9. The highest BCUT2D eigenvalue weighted by Gasteiger charge is 2.38. The van der Waals surface area contributed by atoms with E-state index in [1.807, 2.05) is 13.8 Å². The predicted molar refractivity (Wildman–Crippen MR) is 111 cm³/mol. The zero-order valence-electron chi connectivity index (χ0n) is 17.7. The lowest BCUT2D eigenvalue weighted by Gasteiger charge is -2.41. The number of carbonyl (C=O) groups excluding carboxylic acids is 1. The van der Waals surface area contributed by atoms with Gasteiger partial charge in [-0.2, -0.15) is 0 Å². The molecule has 3 aromatic heterocycles. The van der Waals surface area contributed by atoms with Crippen LogP contribution in [0.2, 0.25) is 0 Å². The van der Waals surface area contributed by atoms with Gasteiger partial charge in [-0.25, -0.2) is 9.78 Å². The van der Waals surface area contributed by atoms with Crippen molar-refractivity contribution in [2.75, 3.05) is 4.90 Å². The highest BCUT2D eigenvalue weighted by Crippen LogP contribution is 2.40. The highest BCUT2D eigenvalue weighted by atomic mass is 16.4. The highest BCUT2D eigenvalue weighted by molar-refractivity contribution is 5.99. The summed E-state index contributed by atoms with van der Waals surface area (Å²) in [6.07, 6.45) is 3.97. The van der Waals surface area contributed by atoms with Crippen LogP contribution in [0, 0.1) is 5.41 Å². The van der Waals surface area contributed by atoms with E-state index in [1.54, 1.807) is 33.7 Å². The molecule has 0 atom stereocenters. The number of carbonyl (C=O) groups is 2. The third-order valence-electron chi connectivity index (χ3n) is 4.70. The summed E-state index contributed by atoms with van der Waals surface area (Å²) in [6.45, 7) is 11.9. The van der Waals surface area contributed by atoms with Crippen LogP contribution in [0.4, 0.5) is 5.82 Å². The summed E-state index contributed by atoms with van der Waals surface area (Å²) in [6, 6.07) is 6.63. The normalized spacial score (nSPS) is 12.3. The smallest absolute Gasteiger partial charge is 0.339 e. The standard InChI is InChI=1S/C22H27N3O4/c1-14(26)25(22(5,6)13-21(2,3)4)19-17(16-10-8-12-29-16)23-18-15(20(27)28)9-7-11-24(18)19/h7-12H,13H2,1-6H3,(H,27,28). The van der Waals surface area contributed by atoms with E-state index < -0.39 is 11.5 Å². The Bertz CT molecular complexity index is 1060. The summed E-state index contributed by atoms with van der Waals surface area (Å²) in [5.74, 6) is -0.270. The minimum atomic E-state index is -1.08. The number of aromatic carboxylic acids is 1. The molecule has 3 rings (SSSR count). The number of anilines is 1. The van der Waals surface area contributed by atoms with Gasteiger partial charge in [0.25, 0.3) is 0 Å². The van der Waals surface area contributed by atoms with Crippen LogP contribution in [-0.4, -0.2) is 31.9 Å². The molecule has 0 spiro atoms. The molecule has 0 aromatic carbocycles. The third-order valence-corrected chi connectivity index (χ3v) is 4.70. The quantitative estimate of drug-likeness (QED) is 0.664. The summed E-state index contributed by atoms with van der Waals surface area (Å²) in [5.41, 5.74) is 0.166. The van der Waals surface area contributed by atoms with E-state index >= 15 is 0 Å². The van der Waals surface area contributed by atoms with Crippen LogP contribution in [-0.2, 0) is 4.79 Å². The van der Waals surface area contributed by atoms with Crippen LogP contribution in [0.1, 0.15) is 58.3 Å². The molecule has 0 bridgehead atoms. The molecule has 0 aliphatic rings. The Hall–Kier alpha value is -3.09. The van der Waals surface area contributed by atoms with Crippen molar-refractivity contribution >= 4 is 23.3 Å². The molecular formula is C22H27N3O4. The van der Waals surface area contributed by atoms with Crippen molar-refractivity contribution < 1.29 is 19.1 Å². The largest absolute Gasteiger partial charge is 0.478 e. The van der Waals surface area contributed by atoms with Crippen LogP contribution in [0.25, 0.3) is 17.1 Å². The molecule has 7 nitrogen and oxygen atoms in total. The van der Waals surface area contributed by atoms with Crippen LogP contribution in [0.3, 0.4) is 0 Å². The summed E-state index contributed by atoms with van der Waals surface area (Å²) >= 11 is 0.